The Kier molecular flexibility index (Phi) is 6.94. The molecule has 0 aliphatic heterocycles. The molecule has 7 nitrogen and oxygen atoms in total. The smallest absolute Gasteiger partial charge is 0.328 e. The topological polar surface area (TPSA) is 90.4 Å². The van der Waals surface area contributed by atoms with Crippen LogP contribution >= 0.6 is 0 Å². The minimum atomic E-state index is -0.983. The van der Waals surface area contributed by atoms with Crippen molar-refractivity contribution in [1.29, 1.82) is 0 Å². The van der Waals surface area contributed by atoms with Crippen molar-refractivity contribution in [2.24, 2.45) is 0 Å². The molecule has 5 aromatic rings. The maximum Gasteiger partial charge on any atom is 0.328 e. The van der Waals surface area contributed by atoms with Gasteiger partial charge in [0.15, 0.2) is 0 Å². The lowest BCUT2D eigenvalue weighted by molar-refractivity contribution is -0.131. The highest BCUT2D eigenvalue weighted by Crippen LogP contribution is 2.27. The van der Waals surface area contributed by atoms with Gasteiger partial charge in [-0.2, -0.15) is 0 Å². The second kappa shape index (κ2) is 10.8. The molecule has 5 rings (SSSR count). The highest BCUT2D eigenvalue weighted by atomic mass is 16.5. The molecule has 37 heavy (non-hydrogen) atoms. The highest BCUT2D eigenvalue weighted by Gasteiger charge is 2.12. The number of pyridine rings is 1. The maximum atomic E-state index is 11.1. The SMILES string of the molecule is Cc1oc(-c2ccccc2)nc1COc1ccc(Cn2cc(/C=C/C(=O)O)c(-c3ccccc3)c2)cn1. The van der Waals surface area contributed by atoms with E-state index in [0.29, 0.717) is 24.1 Å². The molecule has 0 saturated carbocycles. The zero-order chi connectivity index (χ0) is 25.6. The molecule has 3 heterocycles. The zero-order valence-corrected chi connectivity index (χ0v) is 20.2. The summed E-state index contributed by atoms with van der Waals surface area (Å²) < 4.78 is 13.7. The van der Waals surface area contributed by atoms with Gasteiger partial charge in [0, 0.05) is 54.0 Å². The van der Waals surface area contributed by atoms with Gasteiger partial charge in [0.2, 0.25) is 11.8 Å². The fourth-order valence-corrected chi connectivity index (χ4v) is 3.98. The summed E-state index contributed by atoms with van der Waals surface area (Å²) in [6, 6.07) is 23.4. The summed E-state index contributed by atoms with van der Waals surface area (Å²) in [7, 11) is 0. The second-order valence-corrected chi connectivity index (χ2v) is 8.52. The summed E-state index contributed by atoms with van der Waals surface area (Å²) in [6.07, 6.45) is 8.49. The normalized spacial score (nSPS) is 11.2. The predicted molar refractivity (Wildman–Crippen MR) is 141 cm³/mol. The number of hydrogen-bond donors (Lipinski definition) is 1. The molecule has 0 radical (unpaired) electrons. The van der Waals surface area contributed by atoms with Gasteiger partial charge in [-0.1, -0.05) is 54.6 Å². The number of aromatic nitrogens is 3. The van der Waals surface area contributed by atoms with Crippen LogP contribution in [0.4, 0.5) is 0 Å². The molecule has 0 saturated heterocycles. The molecular weight excluding hydrogens is 466 g/mol. The number of aliphatic carboxylic acids is 1. The van der Waals surface area contributed by atoms with Crippen LogP contribution < -0.4 is 4.74 Å². The third-order valence-electron chi connectivity index (χ3n) is 5.83. The van der Waals surface area contributed by atoms with Crippen LogP contribution in [0.15, 0.2) is 102 Å². The van der Waals surface area contributed by atoms with Gasteiger partial charge in [-0.3, -0.25) is 0 Å². The van der Waals surface area contributed by atoms with Crippen molar-refractivity contribution in [3.05, 3.63) is 120 Å². The highest BCUT2D eigenvalue weighted by molar-refractivity contribution is 5.87. The first kappa shape index (κ1) is 23.8. The molecule has 0 aliphatic carbocycles. The Morgan fingerprint density at radius 3 is 2.41 bits per heavy atom. The van der Waals surface area contributed by atoms with E-state index in [2.05, 4.69) is 9.97 Å². The minimum Gasteiger partial charge on any atom is -0.478 e. The van der Waals surface area contributed by atoms with Crippen LogP contribution in [0.5, 0.6) is 5.88 Å². The monoisotopic (exact) mass is 491 g/mol. The lowest BCUT2D eigenvalue weighted by Crippen LogP contribution is -2.01. The van der Waals surface area contributed by atoms with Crippen molar-refractivity contribution in [2.45, 2.75) is 20.1 Å². The molecule has 0 aliphatic rings. The Labute approximate surface area is 214 Å². The molecule has 0 bridgehead atoms. The number of carboxylic acid groups (broad SMARTS) is 1. The third-order valence-corrected chi connectivity index (χ3v) is 5.83. The Hall–Kier alpha value is -4.91. The van der Waals surface area contributed by atoms with Crippen LogP contribution in [0.3, 0.4) is 0 Å². The quantitative estimate of drug-likeness (QED) is 0.246. The molecule has 7 heteroatoms. The Morgan fingerprint density at radius 2 is 1.73 bits per heavy atom. The van der Waals surface area contributed by atoms with E-state index in [4.69, 9.17) is 14.3 Å². The molecular formula is C30H25N3O4. The van der Waals surface area contributed by atoms with E-state index in [-0.39, 0.29) is 6.61 Å². The second-order valence-electron chi connectivity index (χ2n) is 8.52. The number of benzene rings is 2. The van der Waals surface area contributed by atoms with Gasteiger partial charge in [0.1, 0.15) is 18.1 Å². The van der Waals surface area contributed by atoms with Crippen LogP contribution in [-0.4, -0.2) is 25.6 Å². The number of carboxylic acids is 1. The van der Waals surface area contributed by atoms with Gasteiger partial charge >= 0.3 is 5.97 Å². The summed E-state index contributed by atoms with van der Waals surface area (Å²) in [5.41, 5.74) is 5.45. The summed E-state index contributed by atoms with van der Waals surface area (Å²) in [5, 5.41) is 9.07. The van der Waals surface area contributed by atoms with E-state index in [1.54, 1.807) is 12.3 Å². The number of carbonyl (C=O) groups is 1. The van der Waals surface area contributed by atoms with Crippen molar-refractivity contribution in [3.8, 4) is 28.5 Å². The Bertz CT molecular complexity index is 1520. The van der Waals surface area contributed by atoms with E-state index in [0.717, 1.165) is 39.6 Å². The molecule has 0 spiro atoms. The van der Waals surface area contributed by atoms with Crippen LogP contribution in [0, 0.1) is 6.92 Å². The standard InChI is InChI=1S/C30H25N3O4/c1-21-27(32-30(37-21)24-10-6-3-7-11-24)20-36-28-14-12-22(16-31-28)17-33-18-25(13-15-29(34)35)26(19-33)23-8-4-2-5-9-23/h2-16,18-19H,17,20H2,1H3,(H,34,35)/b15-13+. The van der Waals surface area contributed by atoms with Gasteiger partial charge in [-0.15, -0.1) is 0 Å². The zero-order valence-electron chi connectivity index (χ0n) is 20.2. The fraction of sp³-hybridized carbons (Fsp3) is 0.100. The molecule has 0 fully saturated rings. The van der Waals surface area contributed by atoms with Crippen LogP contribution in [0.1, 0.15) is 22.6 Å². The van der Waals surface area contributed by atoms with Crippen molar-refractivity contribution in [3.63, 3.8) is 0 Å². The van der Waals surface area contributed by atoms with Gasteiger partial charge in [-0.25, -0.2) is 14.8 Å². The first-order chi connectivity index (χ1) is 18.0. The van der Waals surface area contributed by atoms with E-state index >= 15 is 0 Å². The molecule has 1 N–H and O–H groups in total. The largest absolute Gasteiger partial charge is 0.478 e. The van der Waals surface area contributed by atoms with Crippen molar-refractivity contribution >= 4 is 12.0 Å². The number of oxazole rings is 1. The molecule has 3 aromatic heterocycles. The summed E-state index contributed by atoms with van der Waals surface area (Å²) in [5.74, 6) is 0.794. The summed E-state index contributed by atoms with van der Waals surface area (Å²) >= 11 is 0. The lowest BCUT2D eigenvalue weighted by atomic mass is 10.0. The first-order valence-corrected chi connectivity index (χ1v) is 11.8. The molecule has 0 atom stereocenters. The summed E-state index contributed by atoms with van der Waals surface area (Å²) in [6.45, 7) is 2.71. The number of aryl methyl sites for hydroxylation is 1. The van der Waals surface area contributed by atoms with Gasteiger partial charge in [0.05, 0.1) is 0 Å². The number of hydrogen-bond acceptors (Lipinski definition) is 5. The van der Waals surface area contributed by atoms with E-state index in [1.165, 1.54) is 0 Å². The predicted octanol–water partition coefficient (Wildman–Crippen LogP) is 6.24. The van der Waals surface area contributed by atoms with E-state index in [9.17, 15) is 4.79 Å². The third kappa shape index (κ3) is 5.85. The number of ether oxygens (including phenoxy) is 1. The van der Waals surface area contributed by atoms with Crippen molar-refractivity contribution < 1.29 is 19.1 Å². The van der Waals surface area contributed by atoms with Crippen LogP contribution in [0.2, 0.25) is 0 Å². The maximum absolute atomic E-state index is 11.1. The fourth-order valence-electron chi connectivity index (χ4n) is 3.98. The Balaban J connectivity index is 1.27. The van der Waals surface area contributed by atoms with E-state index in [1.807, 2.05) is 96.7 Å². The van der Waals surface area contributed by atoms with Gasteiger partial charge in [-0.05, 0) is 36.3 Å². The van der Waals surface area contributed by atoms with Crippen molar-refractivity contribution in [1.82, 2.24) is 14.5 Å². The van der Waals surface area contributed by atoms with Gasteiger partial charge < -0.3 is 18.8 Å². The average molecular weight is 492 g/mol. The molecule has 184 valence electrons. The summed E-state index contributed by atoms with van der Waals surface area (Å²) in [4.78, 5) is 20.1. The Morgan fingerprint density at radius 1 is 1.00 bits per heavy atom. The molecule has 0 amide bonds. The molecule has 0 unspecified atom stereocenters. The first-order valence-electron chi connectivity index (χ1n) is 11.8. The van der Waals surface area contributed by atoms with Gasteiger partial charge in [0.25, 0.3) is 0 Å². The molecule has 2 aromatic carbocycles. The number of nitrogens with zero attached hydrogens (tertiary/aromatic N) is 3. The average Bonchev–Trinajstić information content (AvgIpc) is 3.51. The lowest BCUT2D eigenvalue weighted by Gasteiger charge is -2.06. The van der Waals surface area contributed by atoms with Crippen LogP contribution in [0.25, 0.3) is 28.7 Å². The van der Waals surface area contributed by atoms with Crippen LogP contribution in [-0.2, 0) is 17.9 Å². The van der Waals surface area contributed by atoms with Crippen molar-refractivity contribution in [2.75, 3.05) is 0 Å². The van der Waals surface area contributed by atoms with E-state index < -0.39 is 5.97 Å². The number of rotatable bonds is 9. The minimum absolute atomic E-state index is 0.256.